The second-order valence-electron chi connectivity index (χ2n) is 5.01. The van der Waals surface area contributed by atoms with E-state index in [1.807, 2.05) is 0 Å². The Balaban J connectivity index is 4.17. The third-order valence-electron chi connectivity index (χ3n) is 2.83. The molecule has 0 rings (SSSR count). The molecule has 0 fully saturated rings. The Hall–Kier alpha value is -0.940. The lowest BCUT2D eigenvalue weighted by molar-refractivity contribution is -0.126. The average molecular weight is 257 g/mol. The number of likely N-dealkylation sites (N-methyl/N-ethyl adjacent to an activating group) is 1. The number of nitrogens with two attached hydrogens (primary N) is 1. The summed E-state index contributed by atoms with van der Waals surface area (Å²) in [6.07, 6.45) is 3.95. The number of unbranched alkanes of at least 4 members (excludes halogenated alkanes) is 1. The van der Waals surface area contributed by atoms with Crippen LogP contribution in [0.4, 0.5) is 0 Å². The number of hydrogen-bond donors (Lipinski definition) is 3. The molecule has 0 bridgehead atoms. The van der Waals surface area contributed by atoms with Gasteiger partial charge in [-0.1, -0.05) is 13.8 Å². The van der Waals surface area contributed by atoms with Crippen LogP contribution in [0.25, 0.3) is 0 Å². The van der Waals surface area contributed by atoms with Crippen LogP contribution in [-0.4, -0.2) is 37.9 Å². The molecule has 18 heavy (non-hydrogen) atoms. The fraction of sp³-hybridized carbons (Fsp3) is 0.846. The molecule has 0 aliphatic carbocycles. The summed E-state index contributed by atoms with van der Waals surface area (Å²) in [5, 5.41) is 5.75. The number of hydrogen-bond acceptors (Lipinski definition) is 4. The molecule has 0 aliphatic rings. The van der Waals surface area contributed by atoms with Crippen molar-refractivity contribution in [1.29, 1.82) is 0 Å². The van der Waals surface area contributed by atoms with Crippen LogP contribution in [0.2, 0.25) is 0 Å². The van der Waals surface area contributed by atoms with Crippen molar-refractivity contribution in [3.63, 3.8) is 0 Å². The van der Waals surface area contributed by atoms with E-state index >= 15 is 0 Å². The highest BCUT2D eigenvalue weighted by Gasteiger charge is 2.20. The predicted molar refractivity (Wildman–Crippen MR) is 73.2 cm³/mol. The molecule has 0 heterocycles. The van der Waals surface area contributed by atoms with Crippen molar-refractivity contribution >= 4 is 12.2 Å². The van der Waals surface area contributed by atoms with E-state index in [1.165, 1.54) is 0 Å². The Kier molecular flexibility index (Phi) is 9.50. The SMILES string of the molecule is CN[C@@H](CC(C)C)C(=O)N[C@H](C=O)CCCCN. The molecule has 5 heteroatoms. The van der Waals surface area contributed by atoms with Crippen molar-refractivity contribution in [2.75, 3.05) is 13.6 Å². The van der Waals surface area contributed by atoms with Gasteiger partial charge in [-0.05, 0) is 45.2 Å². The molecule has 0 radical (unpaired) electrons. The van der Waals surface area contributed by atoms with Crippen molar-refractivity contribution in [3.05, 3.63) is 0 Å². The number of carbonyl (C=O) groups excluding carboxylic acids is 2. The lowest BCUT2D eigenvalue weighted by Crippen LogP contribution is -2.47. The topological polar surface area (TPSA) is 84.2 Å². The number of nitrogens with one attached hydrogen (secondary N) is 2. The normalized spacial score (nSPS) is 14.3. The molecule has 4 N–H and O–H groups in total. The molecule has 0 saturated heterocycles. The second kappa shape index (κ2) is 10.0. The Morgan fingerprint density at radius 1 is 1.33 bits per heavy atom. The number of amides is 1. The Morgan fingerprint density at radius 2 is 2.00 bits per heavy atom. The minimum atomic E-state index is -0.396. The van der Waals surface area contributed by atoms with Gasteiger partial charge >= 0.3 is 0 Å². The molecule has 0 unspecified atom stereocenters. The third kappa shape index (κ3) is 7.40. The molecule has 2 atom stereocenters. The van der Waals surface area contributed by atoms with Gasteiger partial charge in [0.2, 0.25) is 5.91 Å². The van der Waals surface area contributed by atoms with Crippen LogP contribution in [-0.2, 0) is 9.59 Å². The van der Waals surface area contributed by atoms with E-state index in [0.717, 1.165) is 25.5 Å². The maximum absolute atomic E-state index is 12.0. The first kappa shape index (κ1) is 17.1. The summed E-state index contributed by atoms with van der Waals surface area (Å²) in [5.74, 6) is 0.330. The second-order valence-corrected chi connectivity index (χ2v) is 5.01. The molecule has 1 amide bonds. The highest BCUT2D eigenvalue weighted by atomic mass is 16.2. The van der Waals surface area contributed by atoms with Crippen molar-refractivity contribution in [1.82, 2.24) is 10.6 Å². The summed E-state index contributed by atoms with van der Waals surface area (Å²) in [6.45, 7) is 4.75. The zero-order chi connectivity index (χ0) is 14.0. The third-order valence-corrected chi connectivity index (χ3v) is 2.83. The fourth-order valence-electron chi connectivity index (χ4n) is 1.79. The Morgan fingerprint density at radius 3 is 2.44 bits per heavy atom. The van der Waals surface area contributed by atoms with Crippen LogP contribution in [0.5, 0.6) is 0 Å². The van der Waals surface area contributed by atoms with Gasteiger partial charge in [-0.15, -0.1) is 0 Å². The lowest BCUT2D eigenvalue weighted by atomic mass is 10.0. The van der Waals surface area contributed by atoms with E-state index in [4.69, 9.17) is 5.73 Å². The van der Waals surface area contributed by atoms with Gasteiger partial charge in [0.25, 0.3) is 0 Å². The maximum Gasteiger partial charge on any atom is 0.237 e. The predicted octanol–water partition coefficient (Wildman–Crippen LogP) is 0.433. The van der Waals surface area contributed by atoms with Crippen LogP contribution < -0.4 is 16.4 Å². The highest BCUT2D eigenvalue weighted by molar-refractivity contribution is 5.84. The van der Waals surface area contributed by atoms with Gasteiger partial charge in [0.05, 0.1) is 12.1 Å². The maximum atomic E-state index is 12.0. The van der Waals surface area contributed by atoms with Crippen molar-refractivity contribution < 1.29 is 9.59 Å². The molecule has 0 aromatic rings. The van der Waals surface area contributed by atoms with E-state index in [-0.39, 0.29) is 11.9 Å². The largest absolute Gasteiger partial charge is 0.345 e. The quantitative estimate of drug-likeness (QED) is 0.391. The molecular formula is C13H27N3O2. The monoisotopic (exact) mass is 257 g/mol. The first-order chi connectivity index (χ1) is 8.54. The van der Waals surface area contributed by atoms with Gasteiger partial charge < -0.3 is 21.2 Å². The zero-order valence-corrected chi connectivity index (χ0v) is 11.7. The van der Waals surface area contributed by atoms with Gasteiger partial charge in [-0.2, -0.15) is 0 Å². The molecular weight excluding hydrogens is 230 g/mol. The average Bonchev–Trinajstić information content (AvgIpc) is 2.34. The van der Waals surface area contributed by atoms with Crippen molar-refractivity contribution in [2.45, 2.75) is 51.6 Å². The number of carbonyl (C=O) groups is 2. The van der Waals surface area contributed by atoms with E-state index < -0.39 is 6.04 Å². The van der Waals surface area contributed by atoms with E-state index in [0.29, 0.717) is 18.9 Å². The smallest absolute Gasteiger partial charge is 0.237 e. The van der Waals surface area contributed by atoms with Gasteiger partial charge in [-0.25, -0.2) is 0 Å². The van der Waals surface area contributed by atoms with Gasteiger partial charge in [0.1, 0.15) is 6.29 Å². The molecule has 0 saturated carbocycles. The summed E-state index contributed by atoms with van der Waals surface area (Å²) >= 11 is 0. The molecule has 0 aromatic heterocycles. The van der Waals surface area contributed by atoms with Gasteiger partial charge in [-0.3, -0.25) is 4.79 Å². The van der Waals surface area contributed by atoms with Crippen LogP contribution in [0, 0.1) is 5.92 Å². The Bertz CT molecular complexity index is 244. The highest BCUT2D eigenvalue weighted by Crippen LogP contribution is 2.05. The standard InChI is InChI=1S/C13H27N3O2/c1-10(2)8-12(15-3)13(18)16-11(9-17)6-4-5-7-14/h9-12,15H,4-8,14H2,1-3H3,(H,16,18)/t11-,12-/m0/s1. The Labute approximate surface area is 110 Å². The van der Waals surface area contributed by atoms with Gasteiger partial charge in [0.15, 0.2) is 0 Å². The number of aldehydes is 1. The summed E-state index contributed by atoms with van der Waals surface area (Å²) in [4.78, 5) is 22.9. The molecule has 0 aromatic carbocycles. The minimum absolute atomic E-state index is 0.101. The summed E-state index contributed by atoms with van der Waals surface area (Å²) in [5.41, 5.74) is 5.40. The minimum Gasteiger partial charge on any atom is -0.345 e. The van der Waals surface area contributed by atoms with E-state index in [9.17, 15) is 9.59 Å². The van der Waals surface area contributed by atoms with Crippen LogP contribution in [0.15, 0.2) is 0 Å². The number of rotatable bonds is 10. The molecule has 106 valence electrons. The zero-order valence-electron chi connectivity index (χ0n) is 11.7. The van der Waals surface area contributed by atoms with Gasteiger partial charge in [0, 0.05) is 0 Å². The lowest BCUT2D eigenvalue weighted by Gasteiger charge is -2.20. The van der Waals surface area contributed by atoms with Crippen LogP contribution >= 0.6 is 0 Å². The van der Waals surface area contributed by atoms with Crippen LogP contribution in [0.1, 0.15) is 39.5 Å². The molecule has 5 nitrogen and oxygen atoms in total. The van der Waals surface area contributed by atoms with Crippen molar-refractivity contribution in [2.24, 2.45) is 11.7 Å². The molecule has 0 aliphatic heterocycles. The van der Waals surface area contributed by atoms with Crippen LogP contribution in [0.3, 0.4) is 0 Å². The van der Waals surface area contributed by atoms with E-state index in [1.54, 1.807) is 7.05 Å². The van der Waals surface area contributed by atoms with E-state index in [2.05, 4.69) is 24.5 Å². The summed E-state index contributed by atoms with van der Waals surface area (Å²) < 4.78 is 0. The summed E-state index contributed by atoms with van der Waals surface area (Å²) in [7, 11) is 1.76. The first-order valence-electron chi connectivity index (χ1n) is 6.68. The first-order valence-corrected chi connectivity index (χ1v) is 6.68. The molecule has 0 spiro atoms. The fourth-order valence-corrected chi connectivity index (χ4v) is 1.79. The van der Waals surface area contributed by atoms with Crippen molar-refractivity contribution in [3.8, 4) is 0 Å². The summed E-state index contributed by atoms with van der Waals surface area (Å²) in [6, 6.07) is -0.631.